The van der Waals surface area contributed by atoms with Crippen molar-refractivity contribution in [3.63, 3.8) is 0 Å². The zero-order chi connectivity index (χ0) is 20.1. The van der Waals surface area contributed by atoms with Gasteiger partial charge in [0.05, 0.1) is 0 Å². The van der Waals surface area contributed by atoms with Gasteiger partial charge in [-0.15, -0.1) is 11.3 Å². The summed E-state index contributed by atoms with van der Waals surface area (Å²) < 4.78 is 1.19. The van der Waals surface area contributed by atoms with Crippen LogP contribution in [0.1, 0.15) is 23.2 Å². The molecule has 3 fully saturated rings. The van der Waals surface area contributed by atoms with Crippen molar-refractivity contribution in [3.05, 3.63) is 47.4 Å². The molecule has 3 aliphatic rings. The summed E-state index contributed by atoms with van der Waals surface area (Å²) in [7, 11) is 0. The predicted octanol–water partition coefficient (Wildman–Crippen LogP) is 2.44. The summed E-state index contributed by atoms with van der Waals surface area (Å²) in [5, 5.41) is 22.2. The number of amides is 1. The van der Waals surface area contributed by atoms with Crippen LogP contribution in [0.25, 0.3) is 10.1 Å². The number of nitrogens with one attached hydrogen (secondary N) is 1. The Morgan fingerprint density at radius 1 is 1.07 bits per heavy atom. The molecular formula is C20H22N2O5S. The lowest BCUT2D eigenvalue weighted by molar-refractivity contribution is -0.134. The molecule has 1 amide bonds. The van der Waals surface area contributed by atoms with Crippen LogP contribution in [-0.4, -0.2) is 58.6 Å². The molecule has 0 saturated carbocycles. The third-order valence-electron chi connectivity index (χ3n) is 5.06. The summed E-state index contributed by atoms with van der Waals surface area (Å²) in [4.78, 5) is 34.0. The highest BCUT2D eigenvalue weighted by molar-refractivity contribution is 7.17. The zero-order valence-electron chi connectivity index (χ0n) is 15.2. The predicted molar refractivity (Wildman–Crippen MR) is 107 cm³/mol. The van der Waals surface area contributed by atoms with Crippen LogP contribution in [0.5, 0.6) is 0 Å². The van der Waals surface area contributed by atoms with Gasteiger partial charge in [-0.2, -0.15) is 0 Å². The fraction of sp³-hybridized carbons (Fsp3) is 0.350. The highest BCUT2D eigenvalue weighted by atomic mass is 32.1. The van der Waals surface area contributed by atoms with E-state index in [1.54, 1.807) is 11.3 Å². The largest absolute Gasteiger partial charge is 0.478 e. The Bertz CT molecular complexity index is 883. The summed E-state index contributed by atoms with van der Waals surface area (Å²) in [6, 6.07) is 8.42. The molecule has 3 aliphatic heterocycles. The van der Waals surface area contributed by atoms with Crippen LogP contribution < -0.4 is 5.32 Å². The monoisotopic (exact) mass is 402 g/mol. The van der Waals surface area contributed by atoms with Gasteiger partial charge in [0.25, 0.3) is 5.91 Å². The SMILES string of the molecule is O=C(N[C@H]1CN2CCC1CC2)c1ccc2ccsc2c1.O=C(O)/C=C/C(=O)O. The van der Waals surface area contributed by atoms with Crippen molar-refractivity contribution in [2.75, 3.05) is 19.6 Å². The molecule has 8 heteroatoms. The number of piperidine rings is 3. The van der Waals surface area contributed by atoms with Crippen LogP contribution in [0, 0.1) is 5.92 Å². The lowest BCUT2D eigenvalue weighted by Gasteiger charge is -2.44. The van der Waals surface area contributed by atoms with Crippen molar-refractivity contribution in [1.82, 2.24) is 10.2 Å². The molecular weight excluding hydrogens is 380 g/mol. The van der Waals surface area contributed by atoms with Gasteiger partial charge in [-0.25, -0.2) is 9.59 Å². The summed E-state index contributed by atoms with van der Waals surface area (Å²) in [6.45, 7) is 3.44. The van der Waals surface area contributed by atoms with Crippen LogP contribution in [0.3, 0.4) is 0 Å². The Labute approximate surface area is 166 Å². The zero-order valence-corrected chi connectivity index (χ0v) is 16.0. The minimum atomic E-state index is -1.26. The Kier molecular flexibility index (Phi) is 6.43. The molecule has 2 bridgehead atoms. The molecule has 5 rings (SSSR count). The number of rotatable bonds is 4. The second kappa shape index (κ2) is 8.99. The average molecular weight is 402 g/mol. The molecule has 28 heavy (non-hydrogen) atoms. The maximum absolute atomic E-state index is 12.4. The van der Waals surface area contributed by atoms with Crippen molar-refractivity contribution in [2.45, 2.75) is 18.9 Å². The Morgan fingerprint density at radius 2 is 1.75 bits per heavy atom. The number of carboxylic acid groups (broad SMARTS) is 2. The van der Waals surface area contributed by atoms with E-state index in [1.807, 2.05) is 18.2 Å². The molecule has 7 nitrogen and oxygen atoms in total. The molecule has 0 spiro atoms. The fourth-order valence-corrected chi connectivity index (χ4v) is 4.45. The summed E-state index contributed by atoms with van der Waals surface area (Å²) in [5.41, 5.74) is 0.788. The van der Waals surface area contributed by atoms with Gasteiger partial charge in [0, 0.05) is 35.0 Å². The van der Waals surface area contributed by atoms with E-state index in [4.69, 9.17) is 10.2 Å². The van der Waals surface area contributed by atoms with Crippen molar-refractivity contribution in [3.8, 4) is 0 Å². The van der Waals surface area contributed by atoms with Gasteiger partial charge >= 0.3 is 11.9 Å². The Morgan fingerprint density at radius 3 is 2.32 bits per heavy atom. The van der Waals surface area contributed by atoms with Crippen LogP contribution in [0.2, 0.25) is 0 Å². The van der Waals surface area contributed by atoms with E-state index in [0.717, 1.165) is 12.1 Å². The number of carboxylic acids is 2. The van der Waals surface area contributed by atoms with Gasteiger partial charge in [0.2, 0.25) is 0 Å². The van der Waals surface area contributed by atoms with E-state index in [1.165, 1.54) is 36.0 Å². The topological polar surface area (TPSA) is 107 Å². The first-order valence-electron chi connectivity index (χ1n) is 9.07. The lowest BCUT2D eigenvalue weighted by atomic mass is 9.84. The van der Waals surface area contributed by atoms with Crippen molar-refractivity contribution >= 4 is 39.3 Å². The minimum Gasteiger partial charge on any atom is -0.478 e. The van der Waals surface area contributed by atoms with Crippen molar-refractivity contribution in [2.24, 2.45) is 5.92 Å². The minimum absolute atomic E-state index is 0.0825. The molecule has 3 N–H and O–H groups in total. The number of fused-ring (bicyclic) bond motifs is 4. The third-order valence-corrected chi connectivity index (χ3v) is 5.94. The first-order valence-corrected chi connectivity index (χ1v) is 9.95. The van der Waals surface area contributed by atoms with Gasteiger partial charge in [0.15, 0.2) is 0 Å². The highest BCUT2D eigenvalue weighted by Crippen LogP contribution is 2.28. The normalized spacial score (nSPS) is 23.2. The number of hydrogen-bond acceptors (Lipinski definition) is 5. The van der Waals surface area contributed by atoms with Gasteiger partial charge in [-0.05, 0) is 60.8 Å². The molecule has 1 atom stereocenters. The summed E-state index contributed by atoms with van der Waals surface area (Å²) in [5.74, 6) is -1.76. The van der Waals surface area contributed by atoms with Gasteiger partial charge in [0.1, 0.15) is 0 Å². The molecule has 1 aromatic heterocycles. The van der Waals surface area contributed by atoms with E-state index in [9.17, 15) is 14.4 Å². The van der Waals surface area contributed by atoms with E-state index < -0.39 is 11.9 Å². The van der Waals surface area contributed by atoms with Crippen LogP contribution in [0.15, 0.2) is 41.8 Å². The van der Waals surface area contributed by atoms with Crippen LogP contribution in [-0.2, 0) is 9.59 Å². The number of carbonyl (C=O) groups excluding carboxylic acids is 1. The first-order chi connectivity index (χ1) is 13.4. The molecule has 148 valence electrons. The molecule has 0 aliphatic carbocycles. The fourth-order valence-electron chi connectivity index (χ4n) is 3.62. The highest BCUT2D eigenvalue weighted by Gasteiger charge is 2.34. The number of aliphatic carboxylic acids is 2. The number of carbonyl (C=O) groups is 3. The van der Waals surface area contributed by atoms with Crippen LogP contribution in [0.4, 0.5) is 0 Å². The van der Waals surface area contributed by atoms with E-state index in [0.29, 0.717) is 24.1 Å². The lowest BCUT2D eigenvalue weighted by Crippen LogP contribution is -2.57. The van der Waals surface area contributed by atoms with E-state index in [-0.39, 0.29) is 5.91 Å². The molecule has 1 aromatic carbocycles. The molecule has 0 unspecified atom stereocenters. The van der Waals surface area contributed by atoms with E-state index >= 15 is 0 Å². The number of hydrogen-bond donors (Lipinski definition) is 3. The van der Waals surface area contributed by atoms with Crippen molar-refractivity contribution in [1.29, 1.82) is 0 Å². The molecule has 2 aromatic rings. The molecule has 0 radical (unpaired) electrons. The smallest absolute Gasteiger partial charge is 0.328 e. The maximum Gasteiger partial charge on any atom is 0.328 e. The number of thiophene rings is 1. The second-order valence-electron chi connectivity index (χ2n) is 6.90. The van der Waals surface area contributed by atoms with E-state index in [2.05, 4.69) is 21.7 Å². The van der Waals surface area contributed by atoms with Gasteiger partial charge < -0.3 is 20.4 Å². The average Bonchev–Trinajstić information content (AvgIpc) is 3.15. The quantitative estimate of drug-likeness (QED) is 0.678. The Balaban J connectivity index is 0.000000242. The third kappa shape index (κ3) is 5.17. The summed E-state index contributed by atoms with van der Waals surface area (Å²) >= 11 is 1.69. The number of nitrogens with zero attached hydrogens (tertiary/aromatic N) is 1. The van der Waals surface area contributed by atoms with Crippen molar-refractivity contribution < 1.29 is 24.6 Å². The molecule has 3 saturated heterocycles. The second-order valence-corrected chi connectivity index (χ2v) is 7.85. The molecule has 4 heterocycles. The maximum atomic E-state index is 12.4. The Hall–Kier alpha value is -2.71. The number of benzene rings is 1. The van der Waals surface area contributed by atoms with Gasteiger partial charge in [-0.3, -0.25) is 4.79 Å². The van der Waals surface area contributed by atoms with Crippen LogP contribution >= 0.6 is 11.3 Å². The standard InChI is InChI=1S/C16H18N2OS.C4H4O4/c19-16(13-2-1-12-5-8-20-15(12)9-13)17-14-10-18-6-3-11(14)4-7-18;5-3(6)1-2-4(7)8/h1-2,5,8-9,11,14H,3-4,6-7,10H2,(H,17,19);1-2H,(H,5,6)(H,7,8)/b;2-1+/t14-;/m0./s1. The van der Waals surface area contributed by atoms with Gasteiger partial charge in [-0.1, -0.05) is 6.07 Å². The summed E-state index contributed by atoms with van der Waals surface area (Å²) in [6.07, 6.45) is 3.58. The first kappa shape index (κ1) is 20.0.